The summed E-state index contributed by atoms with van der Waals surface area (Å²) in [5, 5.41) is 0. The van der Waals surface area contributed by atoms with Gasteiger partial charge in [-0.25, -0.2) is 4.79 Å². The smallest absolute Gasteiger partial charge is 0.333 e. The molecule has 0 aromatic carbocycles. The van der Waals surface area contributed by atoms with Gasteiger partial charge in [-0.2, -0.15) is 0 Å². The van der Waals surface area contributed by atoms with E-state index >= 15 is 0 Å². The zero-order chi connectivity index (χ0) is 14.5. The maximum absolute atomic E-state index is 11.2. The number of ether oxygens (including phenoxy) is 1. The molecule has 0 fully saturated rings. The number of hydrogen-bond acceptors (Lipinski definition) is 3. The summed E-state index contributed by atoms with van der Waals surface area (Å²) in [6, 6.07) is 0. The second-order valence-electron chi connectivity index (χ2n) is 5.12. The third-order valence-electron chi connectivity index (χ3n) is 3.26. The lowest BCUT2D eigenvalue weighted by Gasteiger charge is -2.20. The Hall–Kier alpha value is -0.830. The minimum absolute atomic E-state index is 0.282. The van der Waals surface area contributed by atoms with E-state index in [9.17, 15) is 4.79 Å². The Morgan fingerprint density at radius 3 is 2.26 bits per heavy atom. The average Bonchev–Trinajstić information content (AvgIpc) is 2.40. The summed E-state index contributed by atoms with van der Waals surface area (Å²) >= 11 is 0. The van der Waals surface area contributed by atoms with E-state index in [1.807, 2.05) is 0 Å². The number of hydrogen-bond donors (Lipinski definition) is 0. The molecule has 0 amide bonds. The molecule has 0 unspecified atom stereocenters. The first-order chi connectivity index (χ1) is 9.11. The fourth-order valence-corrected chi connectivity index (χ4v) is 1.93. The molecular weight excluding hydrogens is 238 g/mol. The van der Waals surface area contributed by atoms with E-state index in [0.29, 0.717) is 12.2 Å². The Morgan fingerprint density at radius 1 is 1.05 bits per heavy atom. The predicted molar refractivity (Wildman–Crippen MR) is 81.3 cm³/mol. The molecule has 0 saturated heterocycles. The Labute approximate surface area is 119 Å². The monoisotopic (exact) mass is 269 g/mol. The summed E-state index contributed by atoms with van der Waals surface area (Å²) < 4.78 is 5.12. The van der Waals surface area contributed by atoms with Crippen LogP contribution in [0.25, 0.3) is 0 Å². The summed E-state index contributed by atoms with van der Waals surface area (Å²) in [5.41, 5.74) is 0.471. The van der Waals surface area contributed by atoms with Gasteiger partial charge in [0.2, 0.25) is 0 Å². The van der Waals surface area contributed by atoms with Crippen molar-refractivity contribution in [2.45, 2.75) is 59.3 Å². The fraction of sp³-hybridized carbons (Fsp3) is 0.812. The van der Waals surface area contributed by atoms with Gasteiger partial charge in [0.1, 0.15) is 6.61 Å². The van der Waals surface area contributed by atoms with Crippen molar-refractivity contribution >= 4 is 5.97 Å². The van der Waals surface area contributed by atoms with Crippen LogP contribution in [0.15, 0.2) is 12.2 Å². The van der Waals surface area contributed by atoms with Crippen LogP contribution in [0.3, 0.4) is 0 Å². The molecule has 0 aliphatic heterocycles. The van der Waals surface area contributed by atoms with Crippen molar-refractivity contribution in [2.75, 3.05) is 26.2 Å². The van der Waals surface area contributed by atoms with Crippen LogP contribution in [-0.2, 0) is 9.53 Å². The third kappa shape index (κ3) is 10.8. The standard InChI is InChI=1S/C16H31NO2/c1-5-7-8-9-10-11-12-17(6-2)13-14-19-16(18)15(3)4/h3,5-14H2,1-2,4H3. The Morgan fingerprint density at radius 2 is 1.68 bits per heavy atom. The molecule has 0 aliphatic rings. The zero-order valence-corrected chi connectivity index (χ0v) is 13.0. The van der Waals surface area contributed by atoms with Gasteiger partial charge in [-0.05, 0) is 26.4 Å². The van der Waals surface area contributed by atoms with Crippen molar-refractivity contribution < 1.29 is 9.53 Å². The van der Waals surface area contributed by atoms with Crippen molar-refractivity contribution in [1.29, 1.82) is 0 Å². The van der Waals surface area contributed by atoms with E-state index < -0.39 is 0 Å². The molecule has 3 nitrogen and oxygen atoms in total. The quantitative estimate of drug-likeness (QED) is 0.307. The van der Waals surface area contributed by atoms with Crippen LogP contribution in [0, 0.1) is 0 Å². The molecule has 0 heterocycles. The van der Waals surface area contributed by atoms with Gasteiger partial charge in [-0.3, -0.25) is 0 Å². The molecule has 19 heavy (non-hydrogen) atoms. The van der Waals surface area contributed by atoms with Gasteiger partial charge in [0.25, 0.3) is 0 Å². The van der Waals surface area contributed by atoms with Crippen LogP contribution in [0.4, 0.5) is 0 Å². The lowest BCUT2D eigenvalue weighted by molar-refractivity contribution is -0.139. The normalized spacial score (nSPS) is 10.7. The van der Waals surface area contributed by atoms with E-state index in [0.717, 1.165) is 19.6 Å². The lowest BCUT2D eigenvalue weighted by atomic mass is 10.1. The van der Waals surface area contributed by atoms with Crippen LogP contribution >= 0.6 is 0 Å². The number of unbranched alkanes of at least 4 members (excludes halogenated alkanes) is 5. The van der Waals surface area contributed by atoms with Crippen molar-refractivity contribution in [3.8, 4) is 0 Å². The number of carbonyl (C=O) groups excluding carboxylic acids is 1. The van der Waals surface area contributed by atoms with Gasteiger partial charge in [0.05, 0.1) is 0 Å². The zero-order valence-electron chi connectivity index (χ0n) is 13.0. The minimum Gasteiger partial charge on any atom is -0.461 e. The van der Waals surface area contributed by atoms with E-state index in [1.165, 1.54) is 38.5 Å². The first-order valence-corrected chi connectivity index (χ1v) is 7.66. The molecule has 0 spiro atoms. The topological polar surface area (TPSA) is 29.5 Å². The molecule has 0 rings (SSSR count). The van der Waals surface area contributed by atoms with E-state index in [-0.39, 0.29) is 5.97 Å². The summed E-state index contributed by atoms with van der Waals surface area (Å²) in [7, 11) is 0. The molecule has 0 N–H and O–H groups in total. The first kappa shape index (κ1) is 18.2. The summed E-state index contributed by atoms with van der Waals surface area (Å²) in [6.07, 6.45) is 7.91. The number of rotatable bonds is 12. The molecule has 0 aromatic rings. The molecule has 0 radical (unpaired) electrons. The summed E-state index contributed by atoms with van der Waals surface area (Å²) in [5.74, 6) is -0.282. The van der Waals surface area contributed by atoms with Crippen molar-refractivity contribution in [3.63, 3.8) is 0 Å². The molecule has 0 bridgehead atoms. The Kier molecular flexibility index (Phi) is 11.7. The van der Waals surface area contributed by atoms with Gasteiger partial charge in [-0.15, -0.1) is 0 Å². The lowest BCUT2D eigenvalue weighted by Crippen LogP contribution is -2.29. The molecule has 112 valence electrons. The van der Waals surface area contributed by atoms with Crippen molar-refractivity contribution in [1.82, 2.24) is 4.90 Å². The number of esters is 1. The van der Waals surface area contributed by atoms with E-state index in [4.69, 9.17) is 4.74 Å². The molecule has 0 aliphatic carbocycles. The third-order valence-corrected chi connectivity index (χ3v) is 3.26. The van der Waals surface area contributed by atoms with Crippen LogP contribution in [0.1, 0.15) is 59.3 Å². The van der Waals surface area contributed by atoms with Crippen LogP contribution < -0.4 is 0 Å². The second-order valence-corrected chi connectivity index (χ2v) is 5.12. The van der Waals surface area contributed by atoms with Gasteiger partial charge >= 0.3 is 5.97 Å². The summed E-state index contributed by atoms with van der Waals surface area (Å²) in [4.78, 5) is 13.6. The fourth-order valence-electron chi connectivity index (χ4n) is 1.93. The maximum Gasteiger partial charge on any atom is 0.333 e. The van der Waals surface area contributed by atoms with Crippen LogP contribution in [-0.4, -0.2) is 37.1 Å². The van der Waals surface area contributed by atoms with E-state index in [2.05, 4.69) is 25.3 Å². The summed E-state index contributed by atoms with van der Waals surface area (Å²) in [6.45, 7) is 13.0. The van der Waals surface area contributed by atoms with Crippen LogP contribution in [0.2, 0.25) is 0 Å². The SMILES string of the molecule is C=C(C)C(=O)OCCN(CC)CCCCCCCC. The van der Waals surface area contributed by atoms with Crippen LogP contribution in [0.5, 0.6) is 0 Å². The largest absolute Gasteiger partial charge is 0.461 e. The number of likely N-dealkylation sites (N-methyl/N-ethyl adjacent to an activating group) is 1. The molecule has 0 saturated carbocycles. The molecule has 0 aromatic heterocycles. The van der Waals surface area contributed by atoms with Gasteiger partial charge in [0, 0.05) is 12.1 Å². The maximum atomic E-state index is 11.2. The minimum atomic E-state index is -0.282. The molecule has 3 heteroatoms. The highest BCUT2D eigenvalue weighted by atomic mass is 16.5. The average molecular weight is 269 g/mol. The van der Waals surface area contributed by atoms with Gasteiger partial charge in [0.15, 0.2) is 0 Å². The number of carbonyl (C=O) groups is 1. The predicted octanol–water partition coefficient (Wildman–Crippen LogP) is 3.79. The van der Waals surface area contributed by atoms with Gasteiger partial charge < -0.3 is 9.64 Å². The number of nitrogens with zero attached hydrogens (tertiary/aromatic N) is 1. The van der Waals surface area contributed by atoms with E-state index in [1.54, 1.807) is 6.92 Å². The highest BCUT2D eigenvalue weighted by Crippen LogP contribution is 2.06. The van der Waals surface area contributed by atoms with Gasteiger partial charge in [-0.1, -0.05) is 52.5 Å². The van der Waals surface area contributed by atoms with Crippen molar-refractivity contribution in [2.24, 2.45) is 0 Å². The Bertz CT molecular complexity index is 251. The first-order valence-electron chi connectivity index (χ1n) is 7.66. The van der Waals surface area contributed by atoms with Crippen molar-refractivity contribution in [3.05, 3.63) is 12.2 Å². The highest BCUT2D eigenvalue weighted by molar-refractivity contribution is 5.86. The Balaban J connectivity index is 3.55. The highest BCUT2D eigenvalue weighted by Gasteiger charge is 2.05. The molecular formula is C16H31NO2. The second kappa shape index (κ2) is 12.2. The molecule has 0 atom stereocenters.